The van der Waals surface area contributed by atoms with Crippen molar-refractivity contribution in [2.45, 2.75) is 77.3 Å². The van der Waals surface area contributed by atoms with E-state index in [2.05, 4.69) is 81.6 Å². The summed E-state index contributed by atoms with van der Waals surface area (Å²) < 4.78 is 78.5. The standard InChI is InChI=1S/2C27H25ClFN3O3.C26H25ClFN3O3.C25H20ClFN2O3/c1-31(2)18-9-11-32(12-10-18)27(34)22-13-16(3-6-23(22)28)25-8-5-19(35-25)15-21-20-14-17(29)4-7-24(20)30-26(21)33;1-32-11-3-2-4-18(32)15-30-26(33)22-12-16(5-8-23(22)28)25-10-7-19(35-25)14-21-20-13-17(29)6-9-24(20)31-27(21)34;1-3-31(4-2)12-11-29-25(32)21-13-16(5-8-22(21)27)24-10-7-18(34-24)15-20-19-14-17(28)6-9-23(19)30-26(20)33;26-21-7-4-15(12-20(21)25(31)29-10-2-1-3-11-29)23-9-6-17(32-23)14-19-18-13-16(27)5-8-22(18)28-24(19)30/h3-8,13-15,18H,9-12H2,1-2H3,(H,30,33);5-10,12-14,18H,2-4,11,15H2,1H3,(H,30,33)(H,31,34);5-10,13-15H,3-4,11-12H2,1-2H3,(H,29,32)(H,30,33);4-9,12-14H,1-3,10-11H2,(H,28,30)/b21-15+;21-14+;20-15+;19-14+. The molecule has 1 unspecified atom stereocenters. The summed E-state index contributed by atoms with van der Waals surface area (Å²) in [5, 5.41) is 18.3. The van der Waals surface area contributed by atoms with Crippen LogP contribution >= 0.6 is 46.4 Å². The zero-order chi connectivity index (χ0) is 95.7. The number of hydrogen-bond acceptors (Lipinski definition) is 15. The number of benzene rings is 8. The van der Waals surface area contributed by atoms with Crippen molar-refractivity contribution in [2.75, 3.05) is 108 Å². The number of nitrogens with zero attached hydrogens (tertiary/aromatic N) is 5. The first kappa shape index (κ1) is 95.5. The zero-order valence-electron chi connectivity index (χ0n) is 74.8. The Morgan fingerprint density at radius 1 is 0.397 bits per heavy atom. The SMILES string of the molecule is CCN(CC)CCNC(=O)c1cc(-c2ccc(/C=C3/C(=O)Nc4ccc(F)cc43)o2)ccc1Cl.CN(C)C1CCN(C(=O)c2cc(-c3ccc(/C=C4/C(=O)Nc5ccc(F)cc54)o3)ccc2Cl)CC1.CN1CCCCC1CNC(=O)c1cc(-c2ccc(/C=C3/C(=O)Nc4ccc(F)cc43)o2)ccc1Cl.O=C1Nc2ccc(F)cc2/C1=C\c1ccc(-c2ccc(Cl)c(C(=O)N3CCCCC3)c2)o1. The van der Waals surface area contributed by atoms with Gasteiger partial charge in [-0.2, -0.15) is 0 Å². The van der Waals surface area contributed by atoms with Crippen molar-refractivity contribution in [1.29, 1.82) is 0 Å². The summed E-state index contributed by atoms with van der Waals surface area (Å²) in [5.41, 5.74) is 9.87. The Morgan fingerprint density at radius 3 is 1.06 bits per heavy atom. The second-order valence-electron chi connectivity index (χ2n) is 33.9. The molecule has 7 aliphatic heterocycles. The van der Waals surface area contributed by atoms with Crippen LogP contribution in [0.15, 0.2) is 212 Å². The molecule has 7 aliphatic rings. The Labute approximate surface area is 802 Å². The normalized spacial score (nSPS) is 16.8. The van der Waals surface area contributed by atoms with Crippen LogP contribution < -0.4 is 31.9 Å². The fraction of sp³-hybridized carbons (Fsp3) is 0.238. The van der Waals surface area contributed by atoms with Crippen LogP contribution in [0.4, 0.5) is 40.3 Å². The number of rotatable bonds is 20. The Morgan fingerprint density at radius 2 is 0.721 bits per heavy atom. The molecule has 1 atom stereocenters. The van der Waals surface area contributed by atoms with Crippen LogP contribution in [0.3, 0.4) is 0 Å². The third-order valence-electron chi connectivity index (χ3n) is 24.8. The van der Waals surface area contributed by atoms with Crippen molar-refractivity contribution in [2.24, 2.45) is 0 Å². The van der Waals surface area contributed by atoms with E-state index < -0.39 is 23.3 Å². The predicted octanol–water partition coefficient (Wildman–Crippen LogP) is 22.0. The highest BCUT2D eigenvalue weighted by molar-refractivity contribution is 6.39. The van der Waals surface area contributed by atoms with Gasteiger partial charge in [0.2, 0.25) is 0 Å². The zero-order valence-corrected chi connectivity index (χ0v) is 77.8. The number of carbonyl (C=O) groups excluding carboxylic acids is 8. The van der Waals surface area contributed by atoms with Gasteiger partial charge in [-0.25, -0.2) is 17.6 Å². The molecule has 8 amide bonds. The molecular weight excluding hydrogens is 1830 g/mol. The molecule has 136 heavy (non-hydrogen) atoms. The van der Waals surface area contributed by atoms with E-state index in [9.17, 15) is 55.9 Å². The van der Waals surface area contributed by atoms with E-state index in [0.29, 0.717) is 216 Å². The molecule has 19 rings (SSSR count). The van der Waals surface area contributed by atoms with E-state index in [-0.39, 0.29) is 47.3 Å². The molecule has 0 aliphatic carbocycles. The number of likely N-dealkylation sites (tertiary alicyclic amines) is 3. The first-order valence-corrected chi connectivity index (χ1v) is 46.2. The van der Waals surface area contributed by atoms with Gasteiger partial charge in [-0.1, -0.05) is 66.7 Å². The molecule has 698 valence electrons. The van der Waals surface area contributed by atoms with Crippen LogP contribution in [0.25, 0.3) is 91.9 Å². The number of fused-ring (bicyclic) bond motifs is 4. The number of halogens is 8. The van der Waals surface area contributed by atoms with Gasteiger partial charge in [0.1, 0.15) is 69.4 Å². The highest BCUT2D eigenvalue weighted by Gasteiger charge is 2.33. The molecule has 12 aromatic rings. The van der Waals surface area contributed by atoms with Crippen LogP contribution in [0.2, 0.25) is 20.1 Å². The molecule has 6 N–H and O–H groups in total. The largest absolute Gasteiger partial charge is 0.457 e. The van der Waals surface area contributed by atoms with Gasteiger partial charge in [-0.3, -0.25) is 38.4 Å². The summed E-state index contributed by atoms with van der Waals surface area (Å²) in [6.45, 7) is 11.7. The van der Waals surface area contributed by atoms with Gasteiger partial charge >= 0.3 is 0 Å². The van der Waals surface area contributed by atoms with Gasteiger partial charge in [0.05, 0.1) is 64.6 Å². The van der Waals surface area contributed by atoms with Crippen LogP contribution in [0.5, 0.6) is 0 Å². The van der Waals surface area contributed by atoms with Gasteiger partial charge in [0.15, 0.2) is 0 Å². The summed E-state index contributed by atoms with van der Waals surface area (Å²) >= 11 is 25.4. The van der Waals surface area contributed by atoms with Crippen LogP contribution in [-0.2, 0) is 19.2 Å². The predicted molar refractivity (Wildman–Crippen MR) is 523 cm³/mol. The molecule has 0 spiro atoms. The Balaban J connectivity index is 0.000000132. The third-order valence-corrected chi connectivity index (χ3v) is 26.1. The highest BCUT2D eigenvalue weighted by Crippen LogP contribution is 2.42. The van der Waals surface area contributed by atoms with Crippen LogP contribution in [0, 0.1) is 23.3 Å². The van der Waals surface area contributed by atoms with Crippen LogP contribution in [-0.4, -0.2) is 170 Å². The summed E-state index contributed by atoms with van der Waals surface area (Å²) in [4.78, 5) is 112. The third kappa shape index (κ3) is 22.1. The number of anilines is 4. The summed E-state index contributed by atoms with van der Waals surface area (Å²) in [5.74, 6) is 0.232. The second kappa shape index (κ2) is 42.5. The van der Waals surface area contributed by atoms with E-state index in [1.165, 1.54) is 85.6 Å². The molecule has 8 aromatic carbocycles. The molecule has 0 saturated carbocycles. The lowest BCUT2D eigenvalue weighted by atomic mass is 10.0. The molecule has 0 bridgehead atoms. The van der Waals surface area contributed by atoms with E-state index in [1.807, 2.05) is 9.80 Å². The Bertz CT molecular complexity index is 6790. The summed E-state index contributed by atoms with van der Waals surface area (Å²) in [6, 6.07) is 52.0. The minimum Gasteiger partial charge on any atom is -0.457 e. The van der Waals surface area contributed by atoms with Crippen molar-refractivity contribution in [1.82, 2.24) is 35.1 Å². The minimum atomic E-state index is -0.426. The fourth-order valence-corrected chi connectivity index (χ4v) is 18.0. The maximum atomic E-state index is 13.7. The monoisotopic (exact) mass is 1920 g/mol. The van der Waals surface area contributed by atoms with E-state index in [4.69, 9.17) is 64.1 Å². The lowest BCUT2D eigenvalue weighted by molar-refractivity contribution is -0.111. The smallest absolute Gasteiger partial charge is 0.256 e. The number of hydrogen-bond donors (Lipinski definition) is 6. The van der Waals surface area contributed by atoms with E-state index in [1.54, 1.807) is 146 Å². The number of furan rings is 4. The molecule has 4 aromatic heterocycles. The topological polar surface area (TPSA) is 278 Å². The minimum absolute atomic E-state index is 0.0771. The highest BCUT2D eigenvalue weighted by atomic mass is 35.5. The number of nitrogens with one attached hydrogen (secondary N) is 6. The van der Waals surface area contributed by atoms with Crippen molar-refractivity contribution < 1.29 is 73.6 Å². The van der Waals surface area contributed by atoms with Crippen molar-refractivity contribution in [3.63, 3.8) is 0 Å². The van der Waals surface area contributed by atoms with Gasteiger partial charge in [-0.05, 0) is 304 Å². The molecule has 3 saturated heterocycles. The number of carbonyl (C=O) groups is 8. The van der Waals surface area contributed by atoms with Crippen molar-refractivity contribution >= 4 is 163 Å². The number of piperidine rings is 3. The van der Waals surface area contributed by atoms with Crippen molar-refractivity contribution in [3.05, 3.63) is 305 Å². The molecule has 11 heterocycles. The first-order valence-electron chi connectivity index (χ1n) is 44.7. The lowest BCUT2D eigenvalue weighted by Crippen LogP contribution is -2.44. The average molecular weight is 1920 g/mol. The quantitative estimate of drug-likeness (QED) is 0.0306. The molecule has 0 radical (unpaired) electrons. The summed E-state index contributed by atoms with van der Waals surface area (Å²) in [6.07, 6.45) is 14.7. The molecule has 23 nitrogen and oxygen atoms in total. The first-order chi connectivity index (χ1) is 65.6. The van der Waals surface area contributed by atoms with E-state index in [0.717, 1.165) is 77.8 Å². The summed E-state index contributed by atoms with van der Waals surface area (Å²) in [7, 11) is 6.20. The van der Waals surface area contributed by atoms with Gasteiger partial charge in [0, 0.05) is 125 Å². The average Bonchev–Trinajstić information content (AvgIpc) is 1.65. The van der Waals surface area contributed by atoms with E-state index >= 15 is 0 Å². The number of likely N-dealkylation sites (N-methyl/N-ethyl adjacent to an activating group) is 2. The fourth-order valence-electron chi connectivity index (χ4n) is 17.2. The van der Waals surface area contributed by atoms with Gasteiger partial charge in [0.25, 0.3) is 47.3 Å². The van der Waals surface area contributed by atoms with Gasteiger partial charge < -0.3 is 74.1 Å². The molecular formula is C105H95Cl4F4N11O12. The molecule has 31 heteroatoms. The van der Waals surface area contributed by atoms with Crippen LogP contribution in [0.1, 0.15) is 152 Å². The second-order valence-corrected chi connectivity index (χ2v) is 35.5. The van der Waals surface area contributed by atoms with Gasteiger partial charge in [-0.15, -0.1) is 0 Å². The Kier molecular flexibility index (Phi) is 29.9. The maximum absolute atomic E-state index is 13.7. The molecule has 3 fully saturated rings. The number of amides is 8. The maximum Gasteiger partial charge on any atom is 0.256 e. The lowest BCUT2D eigenvalue weighted by Gasteiger charge is -2.35. The van der Waals surface area contributed by atoms with Crippen molar-refractivity contribution in [3.8, 4) is 45.3 Å². The Hall–Kier alpha value is -13.6.